The van der Waals surface area contributed by atoms with Gasteiger partial charge in [0, 0.05) is 0 Å². The molecular formula is C15H25NO. The minimum absolute atomic E-state index is 0.649. The molecule has 17 heavy (non-hydrogen) atoms. The molecule has 1 aromatic carbocycles. The van der Waals surface area contributed by atoms with E-state index < -0.39 is 0 Å². The Kier molecular flexibility index (Phi) is 5.49. The van der Waals surface area contributed by atoms with Crippen LogP contribution >= 0.6 is 0 Å². The van der Waals surface area contributed by atoms with E-state index in [4.69, 9.17) is 4.74 Å². The smallest absolute Gasteiger partial charge is 0.122 e. The number of hydrogen-bond donors (Lipinski definition) is 1. The lowest BCUT2D eigenvalue weighted by Crippen LogP contribution is -2.25. The Morgan fingerprint density at radius 3 is 2.53 bits per heavy atom. The van der Waals surface area contributed by atoms with Crippen molar-refractivity contribution in [2.24, 2.45) is 11.8 Å². The van der Waals surface area contributed by atoms with Gasteiger partial charge < -0.3 is 10.1 Å². The Morgan fingerprint density at radius 2 is 2.00 bits per heavy atom. The third kappa shape index (κ3) is 4.04. The first-order valence-corrected chi connectivity index (χ1v) is 6.36. The van der Waals surface area contributed by atoms with Crippen molar-refractivity contribution in [3.05, 3.63) is 29.3 Å². The predicted octanol–water partition coefficient (Wildman–Crippen LogP) is 3.04. The molecule has 0 heterocycles. The summed E-state index contributed by atoms with van der Waals surface area (Å²) in [5.74, 6) is 2.33. The van der Waals surface area contributed by atoms with Crippen molar-refractivity contribution in [3.63, 3.8) is 0 Å². The lowest BCUT2D eigenvalue weighted by Gasteiger charge is -2.22. The summed E-state index contributed by atoms with van der Waals surface area (Å²) >= 11 is 0. The Labute approximate surface area is 105 Å². The first-order chi connectivity index (χ1) is 8.08. The normalized spacial score (nSPS) is 12.8. The lowest BCUT2D eigenvalue weighted by atomic mass is 9.88. The molecule has 0 aliphatic heterocycles. The molecule has 0 saturated heterocycles. The number of aryl methyl sites for hydroxylation is 1. The molecule has 2 heteroatoms. The highest BCUT2D eigenvalue weighted by Crippen LogP contribution is 2.25. The Morgan fingerprint density at radius 1 is 1.29 bits per heavy atom. The molecule has 2 nitrogen and oxygen atoms in total. The number of rotatable bonds is 6. The lowest BCUT2D eigenvalue weighted by molar-refractivity contribution is 0.358. The zero-order valence-electron chi connectivity index (χ0n) is 11.7. The van der Waals surface area contributed by atoms with Crippen molar-refractivity contribution >= 4 is 0 Å². The molecule has 1 rings (SSSR count). The van der Waals surface area contributed by atoms with E-state index in [0.29, 0.717) is 11.8 Å². The molecule has 0 aliphatic rings. The topological polar surface area (TPSA) is 21.3 Å². The molecule has 1 unspecified atom stereocenters. The monoisotopic (exact) mass is 235 g/mol. The van der Waals surface area contributed by atoms with Crippen molar-refractivity contribution in [1.82, 2.24) is 5.32 Å². The van der Waals surface area contributed by atoms with Gasteiger partial charge in [0.2, 0.25) is 0 Å². The first-order valence-electron chi connectivity index (χ1n) is 6.36. The van der Waals surface area contributed by atoms with Crippen LogP contribution in [0.15, 0.2) is 18.2 Å². The summed E-state index contributed by atoms with van der Waals surface area (Å²) in [5.41, 5.74) is 2.62. The van der Waals surface area contributed by atoms with E-state index in [9.17, 15) is 0 Å². The molecule has 1 atom stereocenters. The summed E-state index contributed by atoms with van der Waals surface area (Å²) in [6.07, 6.45) is 1.07. The standard InChI is InChI=1S/C15H25NO/c1-11(2)14(10-16-4)9-13-8-12(3)6-7-15(13)17-5/h6-8,11,14,16H,9-10H2,1-5H3. The summed E-state index contributed by atoms with van der Waals surface area (Å²) in [6.45, 7) is 7.74. The Bertz CT molecular complexity index is 347. The summed E-state index contributed by atoms with van der Waals surface area (Å²) in [7, 11) is 3.76. The molecule has 0 aliphatic carbocycles. The number of methoxy groups -OCH3 is 1. The van der Waals surface area contributed by atoms with Crippen LogP contribution in [0.1, 0.15) is 25.0 Å². The van der Waals surface area contributed by atoms with Gasteiger partial charge in [0.25, 0.3) is 0 Å². The van der Waals surface area contributed by atoms with Gasteiger partial charge in [-0.25, -0.2) is 0 Å². The Balaban J connectivity index is 2.87. The van der Waals surface area contributed by atoms with Gasteiger partial charge in [0.1, 0.15) is 5.75 Å². The van der Waals surface area contributed by atoms with Crippen LogP contribution in [0.5, 0.6) is 5.75 Å². The van der Waals surface area contributed by atoms with Gasteiger partial charge in [0.15, 0.2) is 0 Å². The van der Waals surface area contributed by atoms with Crippen LogP contribution in [0.3, 0.4) is 0 Å². The zero-order chi connectivity index (χ0) is 12.8. The van der Waals surface area contributed by atoms with E-state index in [0.717, 1.165) is 18.7 Å². The third-order valence-electron chi connectivity index (χ3n) is 3.33. The van der Waals surface area contributed by atoms with Gasteiger partial charge in [-0.2, -0.15) is 0 Å². The van der Waals surface area contributed by atoms with E-state index in [1.54, 1.807) is 7.11 Å². The van der Waals surface area contributed by atoms with Gasteiger partial charge in [-0.05, 0) is 50.4 Å². The fourth-order valence-electron chi connectivity index (χ4n) is 2.16. The predicted molar refractivity (Wildman–Crippen MR) is 73.7 cm³/mol. The highest BCUT2D eigenvalue weighted by Gasteiger charge is 2.15. The van der Waals surface area contributed by atoms with E-state index in [1.165, 1.54) is 11.1 Å². The SMILES string of the molecule is CNCC(Cc1cc(C)ccc1OC)C(C)C. The number of nitrogens with one attached hydrogen (secondary N) is 1. The van der Waals surface area contributed by atoms with Gasteiger partial charge in [-0.15, -0.1) is 0 Å². The number of hydrogen-bond acceptors (Lipinski definition) is 2. The van der Waals surface area contributed by atoms with Gasteiger partial charge >= 0.3 is 0 Å². The Hall–Kier alpha value is -1.02. The van der Waals surface area contributed by atoms with Crippen molar-refractivity contribution in [3.8, 4) is 5.75 Å². The van der Waals surface area contributed by atoms with Crippen molar-refractivity contribution < 1.29 is 4.74 Å². The average molecular weight is 235 g/mol. The highest BCUT2D eigenvalue weighted by atomic mass is 16.5. The van der Waals surface area contributed by atoms with E-state index >= 15 is 0 Å². The maximum atomic E-state index is 5.44. The molecule has 0 spiro atoms. The molecule has 0 aromatic heterocycles. The van der Waals surface area contributed by atoms with Crippen molar-refractivity contribution in [2.45, 2.75) is 27.2 Å². The van der Waals surface area contributed by atoms with Gasteiger partial charge in [0.05, 0.1) is 7.11 Å². The molecular weight excluding hydrogens is 210 g/mol. The molecule has 1 aromatic rings. The number of benzene rings is 1. The van der Waals surface area contributed by atoms with Crippen LogP contribution in [-0.2, 0) is 6.42 Å². The maximum Gasteiger partial charge on any atom is 0.122 e. The second-order valence-electron chi connectivity index (χ2n) is 5.08. The quantitative estimate of drug-likeness (QED) is 0.818. The molecule has 0 bridgehead atoms. The van der Waals surface area contributed by atoms with E-state index in [2.05, 4.69) is 44.3 Å². The largest absolute Gasteiger partial charge is 0.496 e. The fraction of sp³-hybridized carbons (Fsp3) is 0.600. The zero-order valence-corrected chi connectivity index (χ0v) is 11.7. The minimum atomic E-state index is 0.649. The van der Waals surface area contributed by atoms with E-state index in [1.807, 2.05) is 7.05 Å². The minimum Gasteiger partial charge on any atom is -0.496 e. The maximum absolute atomic E-state index is 5.44. The fourth-order valence-corrected chi connectivity index (χ4v) is 2.16. The van der Waals surface area contributed by atoms with Crippen molar-refractivity contribution in [1.29, 1.82) is 0 Å². The van der Waals surface area contributed by atoms with Crippen LogP contribution in [0.4, 0.5) is 0 Å². The second-order valence-corrected chi connectivity index (χ2v) is 5.08. The first kappa shape index (κ1) is 14.0. The van der Waals surface area contributed by atoms with Gasteiger partial charge in [-0.3, -0.25) is 0 Å². The summed E-state index contributed by atoms with van der Waals surface area (Å²) in [5, 5.41) is 3.28. The molecule has 96 valence electrons. The van der Waals surface area contributed by atoms with Crippen LogP contribution in [0.2, 0.25) is 0 Å². The van der Waals surface area contributed by atoms with E-state index in [-0.39, 0.29) is 0 Å². The summed E-state index contributed by atoms with van der Waals surface area (Å²) in [6, 6.07) is 6.41. The summed E-state index contributed by atoms with van der Waals surface area (Å²) in [4.78, 5) is 0. The molecule has 1 N–H and O–H groups in total. The highest BCUT2D eigenvalue weighted by molar-refractivity contribution is 5.37. The number of ether oxygens (including phenoxy) is 1. The second kappa shape index (κ2) is 6.65. The van der Waals surface area contributed by atoms with Crippen LogP contribution < -0.4 is 10.1 Å². The molecule has 0 radical (unpaired) electrons. The van der Waals surface area contributed by atoms with Crippen LogP contribution in [-0.4, -0.2) is 20.7 Å². The third-order valence-corrected chi connectivity index (χ3v) is 3.33. The molecule has 0 amide bonds. The molecule has 0 fully saturated rings. The average Bonchev–Trinajstić information content (AvgIpc) is 2.28. The van der Waals surface area contributed by atoms with Crippen LogP contribution in [0, 0.1) is 18.8 Å². The summed E-state index contributed by atoms with van der Waals surface area (Å²) < 4.78 is 5.44. The van der Waals surface area contributed by atoms with Gasteiger partial charge in [-0.1, -0.05) is 31.5 Å². The molecule has 0 saturated carbocycles. The van der Waals surface area contributed by atoms with Crippen molar-refractivity contribution in [2.75, 3.05) is 20.7 Å². The van der Waals surface area contributed by atoms with Crippen LogP contribution in [0.25, 0.3) is 0 Å².